The summed E-state index contributed by atoms with van der Waals surface area (Å²) in [5.74, 6) is 0.734. The molecule has 1 amide bonds. The summed E-state index contributed by atoms with van der Waals surface area (Å²) in [5.41, 5.74) is 5.64. The van der Waals surface area contributed by atoms with Crippen molar-refractivity contribution in [1.82, 2.24) is 5.32 Å². The largest absolute Gasteiger partial charge is 0.381 e. The van der Waals surface area contributed by atoms with Crippen molar-refractivity contribution < 1.29 is 9.53 Å². The van der Waals surface area contributed by atoms with Gasteiger partial charge in [-0.1, -0.05) is 6.92 Å². The monoisotopic (exact) mass is 228 g/mol. The molecule has 0 aromatic rings. The van der Waals surface area contributed by atoms with Crippen molar-refractivity contribution in [2.45, 2.75) is 39.2 Å². The van der Waals surface area contributed by atoms with E-state index in [2.05, 4.69) is 5.32 Å². The third kappa shape index (κ3) is 5.47. The summed E-state index contributed by atoms with van der Waals surface area (Å²) in [6.45, 7) is 6.01. The fraction of sp³-hybridized carbons (Fsp3) is 0.917. The SMILES string of the molecule is CC(N)C(C)C(=O)NCCCOCC1CC1. The number of nitrogens with one attached hydrogen (secondary N) is 1. The molecule has 0 saturated heterocycles. The van der Waals surface area contributed by atoms with Crippen molar-refractivity contribution in [3.05, 3.63) is 0 Å². The fourth-order valence-electron chi connectivity index (χ4n) is 1.32. The first-order chi connectivity index (χ1) is 7.61. The molecule has 1 saturated carbocycles. The lowest BCUT2D eigenvalue weighted by molar-refractivity contribution is -0.124. The van der Waals surface area contributed by atoms with Crippen LogP contribution in [0.5, 0.6) is 0 Å². The highest BCUT2D eigenvalue weighted by atomic mass is 16.5. The minimum Gasteiger partial charge on any atom is -0.381 e. The van der Waals surface area contributed by atoms with Crippen LogP contribution in [0.15, 0.2) is 0 Å². The number of nitrogens with two attached hydrogens (primary N) is 1. The highest BCUT2D eigenvalue weighted by Crippen LogP contribution is 2.28. The Balaban J connectivity index is 1.90. The maximum absolute atomic E-state index is 11.5. The second kappa shape index (κ2) is 6.86. The summed E-state index contributed by atoms with van der Waals surface area (Å²) in [7, 11) is 0. The topological polar surface area (TPSA) is 64.4 Å². The molecule has 94 valence electrons. The van der Waals surface area contributed by atoms with Crippen LogP contribution in [-0.2, 0) is 9.53 Å². The number of amides is 1. The van der Waals surface area contributed by atoms with Gasteiger partial charge in [-0.25, -0.2) is 0 Å². The molecule has 0 aliphatic heterocycles. The predicted molar refractivity (Wildman–Crippen MR) is 64.0 cm³/mol. The van der Waals surface area contributed by atoms with E-state index in [-0.39, 0.29) is 17.9 Å². The van der Waals surface area contributed by atoms with Crippen LogP contribution in [0.2, 0.25) is 0 Å². The second-order valence-electron chi connectivity index (χ2n) is 4.81. The van der Waals surface area contributed by atoms with Crippen molar-refractivity contribution in [3.8, 4) is 0 Å². The Morgan fingerprint density at radius 1 is 1.50 bits per heavy atom. The molecule has 0 bridgehead atoms. The first kappa shape index (κ1) is 13.5. The van der Waals surface area contributed by atoms with Crippen molar-refractivity contribution in [2.75, 3.05) is 19.8 Å². The van der Waals surface area contributed by atoms with E-state index < -0.39 is 0 Å². The second-order valence-corrected chi connectivity index (χ2v) is 4.81. The summed E-state index contributed by atoms with van der Waals surface area (Å²) in [6, 6.07) is -0.0916. The Labute approximate surface area is 97.9 Å². The van der Waals surface area contributed by atoms with Crippen LogP contribution in [0, 0.1) is 11.8 Å². The van der Waals surface area contributed by atoms with Gasteiger partial charge in [0.1, 0.15) is 0 Å². The minimum atomic E-state index is -0.118. The van der Waals surface area contributed by atoms with Gasteiger partial charge in [0.2, 0.25) is 5.91 Å². The standard InChI is InChI=1S/C12H24N2O2/c1-9(10(2)13)12(15)14-6-3-7-16-8-11-4-5-11/h9-11H,3-8,13H2,1-2H3,(H,14,15). The summed E-state index contributed by atoms with van der Waals surface area (Å²) in [5, 5.41) is 2.87. The number of rotatable bonds is 8. The molecule has 0 heterocycles. The molecule has 1 rings (SSSR count). The van der Waals surface area contributed by atoms with Gasteiger partial charge in [-0.05, 0) is 32.1 Å². The Kier molecular flexibility index (Phi) is 5.77. The van der Waals surface area contributed by atoms with Gasteiger partial charge in [0.15, 0.2) is 0 Å². The summed E-state index contributed by atoms with van der Waals surface area (Å²) >= 11 is 0. The molecule has 2 unspecified atom stereocenters. The molecule has 4 nitrogen and oxygen atoms in total. The fourth-order valence-corrected chi connectivity index (χ4v) is 1.32. The molecule has 2 atom stereocenters. The zero-order valence-electron chi connectivity index (χ0n) is 10.4. The third-order valence-corrected chi connectivity index (χ3v) is 3.02. The molecule has 1 aliphatic carbocycles. The van der Waals surface area contributed by atoms with E-state index in [9.17, 15) is 4.79 Å². The average molecular weight is 228 g/mol. The molecule has 1 aliphatic rings. The third-order valence-electron chi connectivity index (χ3n) is 3.02. The van der Waals surface area contributed by atoms with Crippen LogP contribution in [0.4, 0.5) is 0 Å². The van der Waals surface area contributed by atoms with Crippen molar-refractivity contribution in [2.24, 2.45) is 17.6 Å². The Morgan fingerprint density at radius 3 is 2.75 bits per heavy atom. The Hall–Kier alpha value is -0.610. The molecular formula is C12H24N2O2. The molecule has 3 N–H and O–H groups in total. The van der Waals surface area contributed by atoms with E-state index in [4.69, 9.17) is 10.5 Å². The van der Waals surface area contributed by atoms with Crippen LogP contribution < -0.4 is 11.1 Å². The molecule has 0 aromatic heterocycles. The van der Waals surface area contributed by atoms with Crippen molar-refractivity contribution in [3.63, 3.8) is 0 Å². The number of carbonyl (C=O) groups is 1. The van der Waals surface area contributed by atoms with Crippen LogP contribution >= 0.6 is 0 Å². The van der Waals surface area contributed by atoms with Crippen molar-refractivity contribution >= 4 is 5.91 Å². The normalized spacial score (nSPS) is 19.2. The van der Waals surface area contributed by atoms with Gasteiger partial charge in [-0.3, -0.25) is 4.79 Å². The van der Waals surface area contributed by atoms with Gasteiger partial charge < -0.3 is 15.8 Å². The maximum atomic E-state index is 11.5. The van der Waals surface area contributed by atoms with Gasteiger partial charge in [0.05, 0.1) is 0 Å². The lowest BCUT2D eigenvalue weighted by Gasteiger charge is -2.15. The van der Waals surface area contributed by atoms with Crippen LogP contribution in [0.3, 0.4) is 0 Å². The molecule has 1 fully saturated rings. The molecule has 4 heteroatoms. The summed E-state index contributed by atoms with van der Waals surface area (Å²) < 4.78 is 5.47. The highest BCUT2D eigenvalue weighted by molar-refractivity contribution is 5.78. The zero-order valence-corrected chi connectivity index (χ0v) is 10.4. The van der Waals surface area contributed by atoms with E-state index in [0.717, 1.165) is 25.6 Å². The van der Waals surface area contributed by atoms with Gasteiger partial charge in [0, 0.05) is 31.7 Å². The van der Waals surface area contributed by atoms with Crippen LogP contribution in [0.1, 0.15) is 33.1 Å². The van der Waals surface area contributed by atoms with Gasteiger partial charge in [0.25, 0.3) is 0 Å². The number of carbonyl (C=O) groups excluding carboxylic acids is 1. The van der Waals surface area contributed by atoms with E-state index in [1.807, 2.05) is 13.8 Å². The molecular weight excluding hydrogens is 204 g/mol. The predicted octanol–water partition coefficient (Wildman–Crippen LogP) is 0.903. The van der Waals surface area contributed by atoms with E-state index in [1.165, 1.54) is 12.8 Å². The first-order valence-corrected chi connectivity index (χ1v) is 6.22. The van der Waals surface area contributed by atoms with E-state index >= 15 is 0 Å². The number of hydrogen-bond donors (Lipinski definition) is 2. The molecule has 0 spiro atoms. The first-order valence-electron chi connectivity index (χ1n) is 6.22. The smallest absolute Gasteiger partial charge is 0.224 e. The minimum absolute atomic E-state index is 0.0391. The Morgan fingerprint density at radius 2 is 2.19 bits per heavy atom. The average Bonchev–Trinajstić information content (AvgIpc) is 3.05. The van der Waals surface area contributed by atoms with E-state index in [0.29, 0.717) is 6.54 Å². The summed E-state index contributed by atoms with van der Waals surface area (Å²) in [4.78, 5) is 11.5. The maximum Gasteiger partial charge on any atom is 0.224 e. The van der Waals surface area contributed by atoms with Gasteiger partial charge >= 0.3 is 0 Å². The number of hydrogen-bond acceptors (Lipinski definition) is 3. The van der Waals surface area contributed by atoms with Crippen LogP contribution in [-0.4, -0.2) is 31.7 Å². The molecule has 0 aromatic carbocycles. The van der Waals surface area contributed by atoms with Gasteiger partial charge in [-0.2, -0.15) is 0 Å². The number of ether oxygens (including phenoxy) is 1. The van der Waals surface area contributed by atoms with Crippen LogP contribution in [0.25, 0.3) is 0 Å². The lowest BCUT2D eigenvalue weighted by Crippen LogP contribution is -2.39. The highest BCUT2D eigenvalue weighted by Gasteiger charge is 2.21. The lowest BCUT2D eigenvalue weighted by atomic mass is 10.0. The zero-order chi connectivity index (χ0) is 12.0. The summed E-state index contributed by atoms with van der Waals surface area (Å²) in [6.07, 6.45) is 3.52. The Bertz CT molecular complexity index is 215. The quantitative estimate of drug-likeness (QED) is 0.607. The van der Waals surface area contributed by atoms with Gasteiger partial charge in [-0.15, -0.1) is 0 Å². The molecule has 16 heavy (non-hydrogen) atoms. The van der Waals surface area contributed by atoms with Crippen molar-refractivity contribution in [1.29, 1.82) is 0 Å². The molecule has 0 radical (unpaired) electrons. The van der Waals surface area contributed by atoms with E-state index in [1.54, 1.807) is 0 Å².